The van der Waals surface area contributed by atoms with Gasteiger partial charge in [-0.25, -0.2) is 0 Å². The van der Waals surface area contributed by atoms with E-state index in [1.807, 2.05) is 27.7 Å². The Hall–Kier alpha value is 0.154. The van der Waals surface area contributed by atoms with Gasteiger partial charge in [-0.15, -0.1) is 0 Å². The molecule has 0 spiro atoms. The molecule has 0 atom stereocenters. The molecule has 0 unspecified atom stereocenters. The Morgan fingerprint density at radius 1 is 0.516 bits per heavy atom. The molecule has 0 rings (SSSR count). The van der Waals surface area contributed by atoms with Gasteiger partial charge in [0, 0.05) is 38.5 Å². The topological polar surface area (TPSA) is 52.6 Å². The molecule has 0 aliphatic rings. The maximum atomic E-state index is 6.82. The minimum Gasteiger partial charge on any atom is -0.374 e. The van der Waals surface area contributed by atoms with Crippen molar-refractivity contribution in [2.24, 2.45) is 0 Å². The Bertz CT molecular complexity index is 373. The van der Waals surface area contributed by atoms with Gasteiger partial charge in [-0.1, -0.05) is 13.8 Å². The summed E-state index contributed by atoms with van der Waals surface area (Å²) in [6, 6.07) is 1.57. The van der Waals surface area contributed by atoms with Crippen LogP contribution in [0.25, 0.3) is 0 Å². The van der Waals surface area contributed by atoms with Crippen LogP contribution < -0.4 is 0 Å². The summed E-state index contributed by atoms with van der Waals surface area (Å²) in [5, 5.41) is 0. The van der Waals surface area contributed by atoms with E-state index < -0.39 is 17.6 Å². The van der Waals surface area contributed by atoms with Gasteiger partial charge in [0.1, 0.15) is 0 Å². The van der Waals surface area contributed by atoms with Gasteiger partial charge < -0.3 is 31.6 Å². The molecule has 0 aromatic rings. The van der Waals surface area contributed by atoms with E-state index in [1.54, 1.807) is 0 Å². The zero-order valence-electron chi connectivity index (χ0n) is 21.8. The molecule has 0 saturated heterocycles. The molecule has 0 fully saturated rings. The first-order valence-electron chi connectivity index (χ1n) is 12.5. The van der Waals surface area contributed by atoms with Crippen molar-refractivity contribution in [3.63, 3.8) is 0 Å². The predicted molar refractivity (Wildman–Crippen MR) is 134 cm³/mol. The van der Waals surface area contributed by atoms with E-state index in [-0.39, 0.29) is 0 Å². The molecule has 7 nitrogen and oxygen atoms in total. The SMILES string of the molecule is CCCN(C)CCC[Si](OCC)(OCC)O[Si](CCCN(C)CCC)(OCC)OCC. The molecule has 0 aliphatic carbocycles. The average molecular weight is 481 g/mol. The summed E-state index contributed by atoms with van der Waals surface area (Å²) in [5.74, 6) is 0. The highest BCUT2D eigenvalue weighted by molar-refractivity contribution is 6.75. The van der Waals surface area contributed by atoms with Crippen LogP contribution in [0.1, 0.15) is 67.2 Å². The van der Waals surface area contributed by atoms with Crippen molar-refractivity contribution in [3.8, 4) is 0 Å². The van der Waals surface area contributed by atoms with Crippen molar-refractivity contribution in [2.45, 2.75) is 79.3 Å². The molecule has 0 saturated carbocycles. The maximum absolute atomic E-state index is 6.82. The summed E-state index contributed by atoms with van der Waals surface area (Å²) in [5.41, 5.74) is 0. The van der Waals surface area contributed by atoms with Crippen LogP contribution in [0.4, 0.5) is 0 Å². The highest BCUT2D eigenvalue weighted by atomic mass is 28.5. The van der Waals surface area contributed by atoms with Gasteiger partial charge in [0.15, 0.2) is 0 Å². The lowest BCUT2D eigenvalue weighted by Gasteiger charge is -2.38. The highest BCUT2D eigenvalue weighted by Gasteiger charge is 2.53. The van der Waals surface area contributed by atoms with E-state index >= 15 is 0 Å². The van der Waals surface area contributed by atoms with Crippen LogP contribution in [0.15, 0.2) is 0 Å². The molecule has 0 N–H and O–H groups in total. The first-order chi connectivity index (χ1) is 14.9. The lowest BCUT2D eigenvalue weighted by Crippen LogP contribution is -2.59. The summed E-state index contributed by atoms with van der Waals surface area (Å²) >= 11 is 0. The van der Waals surface area contributed by atoms with Crippen LogP contribution >= 0.6 is 0 Å². The number of nitrogens with zero attached hydrogens (tertiary/aromatic N) is 2. The van der Waals surface area contributed by atoms with Gasteiger partial charge >= 0.3 is 17.6 Å². The van der Waals surface area contributed by atoms with Crippen LogP contribution in [-0.2, 0) is 21.8 Å². The van der Waals surface area contributed by atoms with Crippen LogP contribution in [0, 0.1) is 0 Å². The molecule has 31 heavy (non-hydrogen) atoms. The second kappa shape index (κ2) is 18.6. The lowest BCUT2D eigenvalue weighted by molar-refractivity contribution is 0.0482. The number of hydrogen-bond acceptors (Lipinski definition) is 7. The summed E-state index contributed by atoms with van der Waals surface area (Å²) in [6.07, 6.45) is 4.27. The Balaban J connectivity index is 5.45. The van der Waals surface area contributed by atoms with Gasteiger partial charge in [0.25, 0.3) is 0 Å². The molecule has 0 bridgehead atoms. The third-order valence-corrected chi connectivity index (χ3v) is 12.4. The summed E-state index contributed by atoms with van der Waals surface area (Å²) < 4.78 is 31.9. The van der Waals surface area contributed by atoms with Crippen LogP contribution in [0.2, 0.25) is 12.1 Å². The second-order valence-electron chi connectivity index (χ2n) is 8.01. The van der Waals surface area contributed by atoms with Gasteiger partial charge in [-0.2, -0.15) is 0 Å². The average Bonchev–Trinajstić information content (AvgIpc) is 2.69. The van der Waals surface area contributed by atoms with E-state index in [9.17, 15) is 0 Å². The van der Waals surface area contributed by atoms with Crippen molar-refractivity contribution >= 4 is 17.6 Å². The second-order valence-corrected chi connectivity index (χ2v) is 13.7. The van der Waals surface area contributed by atoms with E-state index in [1.165, 1.54) is 0 Å². The van der Waals surface area contributed by atoms with Crippen molar-refractivity contribution < 1.29 is 21.8 Å². The Morgan fingerprint density at radius 2 is 0.839 bits per heavy atom. The van der Waals surface area contributed by atoms with Crippen molar-refractivity contribution in [1.82, 2.24) is 9.80 Å². The Morgan fingerprint density at radius 3 is 1.10 bits per heavy atom. The molecular weight excluding hydrogens is 428 g/mol. The highest BCUT2D eigenvalue weighted by Crippen LogP contribution is 2.28. The fourth-order valence-electron chi connectivity index (χ4n) is 3.83. The summed E-state index contributed by atoms with van der Waals surface area (Å²) in [6.45, 7) is 18.9. The molecule has 0 amide bonds. The van der Waals surface area contributed by atoms with Gasteiger partial charge in [-0.3, -0.25) is 0 Å². The van der Waals surface area contributed by atoms with Crippen molar-refractivity contribution in [3.05, 3.63) is 0 Å². The van der Waals surface area contributed by atoms with Crippen LogP contribution in [-0.4, -0.2) is 94.1 Å². The first kappa shape index (κ1) is 31.2. The fraction of sp³-hybridized carbons (Fsp3) is 1.00. The molecule has 0 heterocycles. The first-order valence-corrected chi connectivity index (χ1v) is 16.4. The molecular formula is C22H52N2O5Si2. The quantitative estimate of drug-likeness (QED) is 0.212. The van der Waals surface area contributed by atoms with Gasteiger partial charge in [-0.05, 0) is 93.7 Å². The largest absolute Gasteiger partial charge is 0.493 e. The number of rotatable bonds is 22. The van der Waals surface area contributed by atoms with E-state index in [0.29, 0.717) is 26.4 Å². The van der Waals surface area contributed by atoms with E-state index in [0.717, 1.165) is 64.0 Å². The van der Waals surface area contributed by atoms with Crippen molar-refractivity contribution in [2.75, 3.05) is 66.7 Å². The summed E-state index contributed by atoms with van der Waals surface area (Å²) in [4.78, 5) is 4.72. The zero-order valence-corrected chi connectivity index (χ0v) is 23.8. The van der Waals surface area contributed by atoms with Crippen molar-refractivity contribution in [1.29, 1.82) is 0 Å². The van der Waals surface area contributed by atoms with Crippen LogP contribution in [0.5, 0.6) is 0 Å². The summed E-state index contributed by atoms with van der Waals surface area (Å²) in [7, 11) is -1.50. The lowest BCUT2D eigenvalue weighted by atomic mass is 10.4. The Labute approximate surface area is 195 Å². The molecule has 0 aromatic carbocycles. The molecule has 9 heteroatoms. The molecule has 0 radical (unpaired) electrons. The fourth-order valence-corrected chi connectivity index (χ4v) is 11.2. The predicted octanol–water partition coefficient (Wildman–Crippen LogP) is 4.49. The minimum absolute atomic E-state index is 0.568. The van der Waals surface area contributed by atoms with Gasteiger partial charge in [0.2, 0.25) is 0 Å². The monoisotopic (exact) mass is 480 g/mol. The standard InChI is InChI=1S/C22H52N2O5Si2/c1-9-17-23(7)19-15-21-30(25-11-3,26-12-4)29-31(27-13-5,28-14-6)22-16-20-24(8)18-10-2/h9-22H2,1-8H3. The zero-order chi connectivity index (χ0) is 23.6. The normalized spacial score (nSPS) is 13.0. The third-order valence-electron chi connectivity index (χ3n) is 5.02. The van der Waals surface area contributed by atoms with Gasteiger partial charge in [0.05, 0.1) is 0 Å². The molecule has 0 aromatic heterocycles. The van der Waals surface area contributed by atoms with E-state index in [4.69, 9.17) is 21.8 Å². The van der Waals surface area contributed by atoms with Crippen LogP contribution in [0.3, 0.4) is 0 Å². The molecule has 188 valence electrons. The number of hydrogen-bond donors (Lipinski definition) is 0. The Kier molecular flexibility index (Phi) is 18.7. The smallest absolute Gasteiger partial charge is 0.374 e. The van der Waals surface area contributed by atoms with E-state index in [2.05, 4.69) is 37.7 Å². The maximum Gasteiger partial charge on any atom is 0.493 e. The third kappa shape index (κ3) is 13.5. The molecule has 0 aliphatic heterocycles. The minimum atomic E-state index is -2.92.